The van der Waals surface area contributed by atoms with Crippen molar-refractivity contribution in [1.29, 1.82) is 0 Å². The first kappa shape index (κ1) is 22.4. The lowest BCUT2D eigenvalue weighted by Gasteiger charge is -2.18. The molecule has 0 heterocycles. The van der Waals surface area contributed by atoms with Crippen molar-refractivity contribution in [2.75, 3.05) is 26.7 Å². The molecule has 0 aliphatic rings. The lowest BCUT2D eigenvalue weighted by Crippen LogP contribution is -2.39. The molecule has 0 saturated heterocycles. The van der Waals surface area contributed by atoms with E-state index >= 15 is 0 Å². The topological polar surface area (TPSA) is 85.8 Å². The highest BCUT2D eigenvalue weighted by atomic mass is 16.3. The molecule has 2 aromatic carbocycles. The minimum absolute atomic E-state index is 0.000235. The summed E-state index contributed by atoms with van der Waals surface area (Å²) in [4.78, 5) is 16.3. The quantitative estimate of drug-likeness (QED) is 0.283. The van der Waals surface area contributed by atoms with Gasteiger partial charge in [-0.25, -0.2) is 0 Å². The molecule has 1 atom stereocenters. The molecule has 0 aliphatic heterocycles. The molecule has 0 aliphatic carbocycles. The van der Waals surface area contributed by atoms with E-state index in [1.807, 2.05) is 54.6 Å². The number of carbonyl (C=O) groups is 1. The second-order valence-corrected chi connectivity index (χ2v) is 6.90. The van der Waals surface area contributed by atoms with Gasteiger partial charge in [0.25, 0.3) is 5.91 Å². The number of unbranched alkanes of at least 4 members (excludes halogenated alkanes) is 1. The van der Waals surface area contributed by atoms with Gasteiger partial charge in [-0.2, -0.15) is 0 Å². The second-order valence-electron chi connectivity index (χ2n) is 6.90. The smallest absolute Gasteiger partial charge is 0.251 e. The highest BCUT2D eigenvalue weighted by molar-refractivity contribution is 5.94. The second kappa shape index (κ2) is 12.6. The van der Waals surface area contributed by atoms with Gasteiger partial charge < -0.3 is 21.1 Å². The largest absolute Gasteiger partial charge is 0.396 e. The van der Waals surface area contributed by atoms with Crippen molar-refractivity contribution >= 4 is 11.9 Å². The minimum Gasteiger partial charge on any atom is -0.396 e. The highest BCUT2D eigenvalue weighted by Gasteiger charge is 2.11. The van der Waals surface area contributed by atoms with Crippen LogP contribution >= 0.6 is 0 Å². The fourth-order valence-electron chi connectivity index (χ4n) is 2.89. The number of nitrogens with one attached hydrogen (secondary N) is 3. The Morgan fingerprint density at radius 3 is 2.38 bits per heavy atom. The average Bonchev–Trinajstić information content (AvgIpc) is 2.77. The Balaban J connectivity index is 1.82. The maximum atomic E-state index is 12.1. The molecule has 156 valence electrons. The van der Waals surface area contributed by atoms with Crippen molar-refractivity contribution in [3.05, 3.63) is 71.3 Å². The van der Waals surface area contributed by atoms with Crippen LogP contribution in [0.25, 0.3) is 0 Å². The molecule has 6 nitrogen and oxygen atoms in total. The third kappa shape index (κ3) is 7.58. The number of benzene rings is 2. The SMILES string of the molecule is CCCCNC(=O)c1ccc(CNC(=NC)NCC(CO)c2ccccc2)cc1. The van der Waals surface area contributed by atoms with Gasteiger partial charge in [-0.3, -0.25) is 9.79 Å². The summed E-state index contributed by atoms with van der Waals surface area (Å²) in [6.45, 7) is 4.04. The van der Waals surface area contributed by atoms with E-state index in [4.69, 9.17) is 0 Å². The van der Waals surface area contributed by atoms with E-state index in [0.717, 1.165) is 24.0 Å². The fourth-order valence-corrected chi connectivity index (χ4v) is 2.89. The van der Waals surface area contributed by atoms with E-state index in [2.05, 4.69) is 27.9 Å². The zero-order valence-corrected chi connectivity index (χ0v) is 17.3. The molecule has 4 N–H and O–H groups in total. The molecule has 6 heteroatoms. The van der Waals surface area contributed by atoms with Crippen LogP contribution in [0.2, 0.25) is 0 Å². The molecular weight excluding hydrogens is 364 g/mol. The molecular formula is C23H32N4O2. The molecule has 2 aromatic rings. The predicted octanol–water partition coefficient (Wildman–Crippen LogP) is 2.66. The maximum Gasteiger partial charge on any atom is 0.251 e. The van der Waals surface area contributed by atoms with E-state index in [1.54, 1.807) is 7.05 Å². The van der Waals surface area contributed by atoms with E-state index in [9.17, 15) is 9.90 Å². The Bertz CT molecular complexity index is 760. The van der Waals surface area contributed by atoms with Crippen LogP contribution in [0.5, 0.6) is 0 Å². The van der Waals surface area contributed by atoms with Gasteiger partial charge in [0.05, 0.1) is 6.61 Å². The number of amides is 1. The molecule has 1 unspecified atom stereocenters. The van der Waals surface area contributed by atoms with Gasteiger partial charge in [0, 0.05) is 38.2 Å². The van der Waals surface area contributed by atoms with E-state index in [0.29, 0.717) is 31.2 Å². The summed E-state index contributed by atoms with van der Waals surface area (Å²) >= 11 is 0. The van der Waals surface area contributed by atoms with E-state index in [-0.39, 0.29) is 18.4 Å². The molecule has 0 aromatic heterocycles. The van der Waals surface area contributed by atoms with Crippen molar-refractivity contribution in [1.82, 2.24) is 16.0 Å². The normalized spacial score (nSPS) is 12.3. The van der Waals surface area contributed by atoms with E-state index in [1.165, 1.54) is 0 Å². The van der Waals surface area contributed by atoms with E-state index < -0.39 is 0 Å². The number of hydrogen-bond donors (Lipinski definition) is 4. The van der Waals surface area contributed by atoms with Crippen LogP contribution in [0, 0.1) is 0 Å². The number of rotatable bonds is 10. The van der Waals surface area contributed by atoms with Gasteiger partial charge in [0.15, 0.2) is 5.96 Å². The summed E-state index contributed by atoms with van der Waals surface area (Å²) in [5.41, 5.74) is 2.81. The minimum atomic E-state index is -0.0357. The van der Waals surface area contributed by atoms with Gasteiger partial charge in [-0.1, -0.05) is 55.8 Å². The molecule has 1 amide bonds. The van der Waals surface area contributed by atoms with Crippen molar-refractivity contribution in [3.8, 4) is 0 Å². The van der Waals surface area contributed by atoms with Gasteiger partial charge in [0.1, 0.15) is 0 Å². The molecule has 29 heavy (non-hydrogen) atoms. The van der Waals surface area contributed by atoms with Gasteiger partial charge >= 0.3 is 0 Å². The zero-order valence-electron chi connectivity index (χ0n) is 17.3. The number of aliphatic hydroxyl groups excluding tert-OH is 1. The van der Waals surface area contributed by atoms with Crippen molar-refractivity contribution in [3.63, 3.8) is 0 Å². The number of hydrogen-bond acceptors (Lipinski definition) is 3. The summed E-state index contributed by atoms with van der Waals surface area (Å²) < 4.78 is 0. The Labute approximate surface area is 173 Å². The number of nitrogens with zero attached hydrogens (tertiary/aromatic N) is 1. The lowest BCUT2D eigenvalue weighted by atomic mass is 10.0. The molecule has 0 bridgehead atoms. The molecule has 0 radical (unpaired) electrons. The monoisotopic (exact) mass is 396 g/mol. The van der Waals surface area contributed by atoms with Gasteiger partial charge in [0.2, 0.25) is 0 Å². The van der Waals surface area contributed by atoms with Crippen LogP contribution in [0.4, 0.5) is 0 Å². The summed E-state index contributed by atoms with van der Waals surface area (Å²) in [5, 5.41) is 19.1. The molecule has 0 fully saturated rings. The summed E-state index contributed by atoms with van der Waals surface area (Å²) in [5.74, 6) is 0.632. The number of aliphatic imine (C=N–C) groups is 1. The average molecular weight is 397 g/mol. The Morgan fingerprint density at radius 1 is 1.03 bits per heavy atom. The van der Waals surface area contributed by atoms with Gasteiger partial charge in [-0.15, -0.1) is 0 Å². The number of aliphatic hydroxyl groups is 1. The first-order chi connectivity index (χ1) is 14.2. The van der Waals surface area contributed by atoms with Crippen LogP contribution in [0.15, 0.2) is 59.6 Å². The summed E-state index contributed by atoms with van der Waals surface area (Å²) in [7, 11) is 1.72. The summed E-state index contributed by atoms with van der Waals surface area (Å²) in [6, 6.07) is 17.5. The molecule has 0 spiro atoms. The van der Waals surface area contributed by atoms with Crippen LogP contribution in [-0.4, -0.2) is 43.7 Å². The van der Waals surface area contributed by atoms with Gasteiger partial charge in [-0.05, 0) is 29.7 Å². The highest BCUT2D eigenvalue weighted by Crippen LogP contribution is 2.13. The van der Waals surface area contributed by atoms with Crippen molar-refractivity contribution < 1.29 is 9.90 Å². The van der Waals surface area contributed by atoms with Crippen molar-refractivity contribution in [2.24, 2.45) is 4.99 Å². The Morgan fingerprint density at radius 2 is 1.76 bits per heavy atom. The standard InChI is InChI=1S/C23H32N4O2/c1-3-4-14-25-22(29)20-12-10-18(11-13-20)15-26-23(24-2)27-16-21(17-28)19-8-6-5-7-9-19/h5-13,21,28H,3-4,14-17H2,1-2H3,(H,25,29)(H2,24,26,27). The third-order valence-electron chi connectivity index (χ3n) is 4.72. The van der Waals surface area contributed by atoms with Crippen LogP contribution in [0.3, 0.4) is 0 Å². The maximum absolute atomic E-state index is 12.1. The van der Waals surface area contributed by atoms with Crippen LogP contribution in [-0.2, 0) is 6.54 Å². The summed E-state index contributed by atoms with van der Waals surface area (Å²) in [6.07, 6.45) is 2.05. The predicted molar refractivity (Wildman–Crippen MR) is 118 cm³/mol. The first-order valence-electron chi connectivity index (χ1n) is 10.1. The number of guanidine groups is 1. The Hall–Kier alpha value is -2.86. The zero-order chi connectivity index (χ0) is 20.9. The lowest BCUT2D eigenvalue weighted by molar-refractivity contribution is 0.0953. The molecule has 2 rings (SSSR count). The number of carbonyl (C=O) groups excluding carboxylic acids is 1. The fraction of sp³-hybridized carbons (Fsp3) is 0.391. The van der Waals surface area contributed by atoms with Crippen LogP contribution < -0.4 is 16.0 Å². The van der Waals surface area contributed by atoms with Crippen LogP contribution in [0.1, 0.15) is 47.2 Å². The Kier molecular flexibility index (Phi) is 9.72. The molecule has 0 saturated carbocycles. The first-order valence-corrected chi connectivity index (χ1v) is 10.1. The van der Waals surface area contributed by atoms with Crippen molar-refractivity contribution in [2.45, 2.75) is 32.2 Å². The third-order valence-corrected chi connectivity index (χ3v) is 4.72.